The largest absolute Gasteiger partial charge is 0.240 e. The normalized spacial score (nSPS) is 11.0. The first-order chi connectivity index (χ1) is 7.34. The summed E-state index contributed by atoms with van der Waals surface area (Å²) < 4.78 is 2.97. The molecule has 0 bridgehead atoms. The van der Waals surface area contributed by atoms with Crippen molar-refractivity contribution in [2.24, 2.45) is 0 Å². The summed E-state index contributed by atoms with van der Waals surface area (Å²) in [6.45, 7) is 0. The van der Waals surface area contributed by atoms with Crippen LogP contribution in [0.25, 0.3) is 16.0 Å². The molecule has 0 unspecified atom stereocenters. The fourth-order valence-corrected chi connectivity index (χ4v) is 2.66. The molecule has 4 heteroatoms. The highest BCUT2D eigenvalue weighted by molar-refractivity contribution is 9.10. The van der Waals surface area contributed by atoms with Gasteiger partial charge in [-0.15, -0.1) is 11.3 Å². The Morgan fingerprint density at radius 3 is 3.07 bits per heavy atom. The molecule has 0 radical (unpaired) electrons. The molecule has 3 rings (SSSR count). The molecule has 15 heavy (non-hydrogen) atoms. The van der Waals surface area contributed by atoms with Gasteiger partial charge in [-0.3, -0.25) is 0 Å². The minimum atomic E-state index is 1.08. The summed E-state index contributed by atoms with van der Waals surface area (Å²) in [7, 11) is 0. The van der Waals surface area contributed by atoms with Crippen molar-refractivity contribution in [1.82, 2.24) is 9.61 Å². The van der Waals surface area contributed by atoms with Gasteiger partial charge in [0.05, 0.1) is 11.7 Å². The van der Waals surface area contributed by atoms with Crippen LogP contribution >= 0.6 is 27.3 Å². The number of rotatable bonds is 1. The van der Waals surface area contributed by atoms with Crippen LogP contribution in [0.5, 0.6) is 0 Å². The van der Waals surface area contributed by atoms with Gasteiger partial charge < -0.3 is 0 Å². The quantitative estimate of drug-likeness (QED) is 0.661. The Bertz CT molecular complexity index is 598. The zero-order valence-corrected chi connectivity index (χ0v) is 10.1. The number of hydrogen-bond donors (Lipinski definition) is 0. The topological polar surface area (TPSA) is 17.3 Å². The molecule has 0 atom stereocenters. The van der Waals surface area contributed by atoms with E-state index in [1.807, 2.05) is 23.0 Å². The van der Waals surface area contributed by atoms with Crippen molar-refractivity contribution < 1.29 is 0 Å². The molecule has 0 aliphatic heterocycles. The molecule has 0 saturated carbocycles. The van der Waals surface area contributed by atoms with Crippen LogP contribution in [0.1, 0.15) is 0 Å². The summed E-state index contributed by atoms with van der Waals surface area (Å²) in [5.74, 6) is 0. The van der Waals surface area contributed by atoms with E-state index in [0.29, 0.717) is 0 Å². The number of hydrogen-bond acceptors (Lipinski definition) is 2. The molecule has 0 aromatic carbocycles. The molecule has 3 heterocycles. The smallest absolute Gasteiger partial charge is 0.0759 e. The fraction of sp³-hybridized carbons (Fsp3) is 0. The fourth-order valence-electron chi connectivity index (χ4n) is 1.58. The van der Waals surface area contributed by atoms with E-state index in [4.69, 9.17) is 0 Å². The maximum Gasteiger partial charge on any atom is 0.0759 e. The number of pyridine rings is 1. The van der Waals surface area contributed by atoms with E-state index in [1.165, 1.54) is 10.4 Å². The monoisotopic (exact) mass is 278 g/mol. The van der Waals surface area contributed by atoms with E-state index in [2.05, 4.69) is 44.6 Å². The predicted octanol–water partition coefficient (Wildman–Crippen LogP) is 3.83. The summed E-state index contributed by atoms with van der Waals surface area (Å²) >= 11 is 5.21. The second-order valence-electron chi connectivity index (χ2n) is 3.21. The van der Waals surface area contributed by atoms with Gasteiger partial charge in [-0.2, -0.15) is 5.10 Å². The van der Waals surface area contributed by atoms with E-state index in [-0.39, 0.29) is 0 Å². The van der Waals surface area contributed by atoms with Crippen LogP contribution < -0.4 is 0 Å². The Kier molecular flexibility index (Phi) is 2.11. The number of nitrogens with zero attached hydrogens (tertiary/aromatic N) is 2. The number of halogens is 1. The summed E-state index contributed by atoms with van der Waals surface area (Å²) in [4.78, 5) is 1.25. The van der Waals surface area contributed by atoms with E-state index in [0.717, 1.165) is 9.99 Å². The molecule has 0 saturated heterocycles. The highest BCUT2D eigenvalue weighted by Crippen LogP contribution is 2.29. The van der Waals surface area contributed by atoms with Gasteiger partial charge in [0.1, 0.15) is 0 Å². The van der Waals surface area contributed by atoms with Crippen molar-refractivity contribution in [3.05, 3.63) is 46.5 Å². The zero-order chi connectivity index (χ0) is 10.3. The molecule has 0 fully saturated rings. The molecule has 0 aliphatic rings. The van der Waals surface area contributed by atoms with Crippen molar-refractivity contribution in [2.45, 2.75) is 0 Å². The summed E-state index contributed by atoms with van der Waals surface area (Å²) in [5, 5.41) is 6.40. The van der Waals surface area contributed by atoms with Crippen molar-refractivity contribution in [2.75, 3.05) is 0 Å². The lowest BCUT2D eigenvalue weighted by Crippen LogP contribution is -1.84. The lowest BCUT2D eigenvalue weighted by atomic mass is 10.2. The van der Waals surface area contributed by atoms with Gasteiger partial charge in [-0.05, 0) is 23.6 Å². The molecule has 0 aliphatic carbocycles. The molecule has 3 aromatic heterocycles. The van der Waals surface area contributed by atoms with Gasteiger partial charge in [0.2, 0.25) is 0 Å². The van der Waals surface area contributed by atoms with Crippen molar-refractivity contribution in [1.29, 1.82) is 0 Å². The van der Waals surface area contributed by atoms with Gasteiger partial charge in [0.15, 0.2) is 0 Å². The van der Waals surface area contributed by atoms with E-state index >= 15 is 0 Å². The first-order valence-electron chi connectivity index (χ1n) is 4.51. The maximum atomic E-state index is 4.32. The predicted molar refractivity (Wildman–Crippen MR) is 66.2 cm³/mol. The van der Waals surface area contributed by atoms with Crippen LogP contribution in [0.4, 0.5) is 0 Å². The molecule has 74 valence electrons. The van der Waals surface area contributed by atoms with Crippen LogP contribution in [0.3, 0.4) is 0 Å². The Labute approximate surface area is 99.3 Å². The standard InChI is InChI=1S/C11H7BrN2S/c12-8-3-4-14-10(6-8)9(7-13-14)11-2-1-5-15-11/h1-7H. The average molecular weight is 279 g/mol. The van der Waals surface area contributed by atoms with Crippen LogP contribution in [-0.4, -0.2) is 9.61 Å². The summed E-state index contributed by atoms with van der Waals surface area (Å²) in [5.41, 5.74) is 2.32. The molecule has 2 nitrogen and oxygen atoms in total. The van der Waals surface area contributed by atoms with Gasteiger partial charge in [-0.25, -0.2) is 4.52 Å². The van der Waals surface area contributed by atoms with Gasteiger partial charge in [-0.1, -0.05) is 22.0 Å². The summed E-state index contributed by atoms with van der Waals surface area (Å²) in [6.07, 6.45) is 3.87. The van der Waals surface area contributed by atoms with E-state index in [1.54, 1.807) is 11.3 Å². The minimum absolute atomic E-state index is 1.08. The molecule has 3 aromatic rings. The van der Waals surface area contributed by atoms with E-state index in [9.17, 15) is 0 Å². The first-order valence-corrected chi connectivity index (χ1v) is 6.18. The Morgan fingerprint density at radius 1 is 1.33 bits per heavy atom. The van der Waals surface area contributed by atoms with Gasteiger partial charge in [0, 0.05) is 21.1 Å². The Balaban J connectivity index is 2.32. The lowest BCUT2D eigenvalue weighted by molar-refractivity contribution is 0.959. The zero-order valence-electron chi connectivity index (χ0n) is 7.72. The van der Waals surface area contributed by atoms with Crippen LogP contribution in [-0.2, 0) is 0 Å². The van der Waals surface area contributed by atoms with E-state index < -0.39 is 0 Å². The van der Waals surface area contributed by atoms with Crippen molar-refractivity contribution in [3.63, 3.8) is 0 Å². The average Bonchev–Trinajstić information content (AvgIpc) is 2.83. The Morgan fingerprint density at radius 2 is 2.27 bits per heavy atom. The first kappa shape index (κ1) is 9.12. The van der Waals surface area contributed by atoms with Crippen LogP contribution in [0.15, 0.2) is 46.5 Å². The molecular formula is C11H7BrN2S. The third-order valence-corrected chi connectivity index (χ3v) is 3.67. The number of fused-ring (bicyclic) bond motifs is 1. The van der Waals surface area contributed by atoms with Crippen LogP contribution in [0.2, 0.25) is 0 Å². The number of aromatic nitrogens is 2. The maximum absolute atomic E-state index is 4.32. The van der Waals surface area contributed by atoms with Crippen molar-refractivity contribution >= 4 is 32.8 Å². The molecule has 0 amide bonds. The summed E-state index contributed by atoms with van der Waals surface area (Å²) in [6, 6.07) is 8.24. The molecule has 0 N–H and O–H groups in total. The highest BCUT2D eigenvalue weighted by Gasteiger charge is 2.07. The van der Waals surface area contributed by atoms with Crippen LogP contribution in [0, 0.1) is 0 Å². The second-order valence-corrected chi connectivity index (χ2v) is 5.07. The second kappa shape index (κ2) is 3.47. The SMILES string of the molecule is Brc1ccn2ncc(-c3cccs3)c2c1. The third-order valence-electron chi connectivity index (χ3n) is 2.27. The van der Waals surface area contributed by atoms with Gasteiger partial charge in [0.25, 0.3) is 0 Å². The number of thiophene rings is 1. The lowest BCUT2D eigenvalue weighted by Gasteiger charge is -1.96. The van der Waals surface area contributed by atoms with Crippen molar-refractivity contribution in [3.8, 4) is 10.4 Å². The highest BCUT2D eigenvalue weighted by atomic mass is 79.9. The third kappa shape index (κ3) is 1.50. The van der Waals surface area contributed by atoms with Gasteiger partial charge >= 0.3 is 0 Å². The minimum Gasteiger partial charge on any atom is -0.240 e. The Hall–Kier alpha value is -1.13. The molecule has 0 spiro atoms. The molecular weight excluding hydrogens is 272 g/mol.